The minimum absolute atomic E-state index is 0.0839. The van der Waals surface area contributed by atoms with Gasteiger partial charge >= 0.3 is 0 Å². The molecule has 0 heterocycles. The first-order valence-electron chi connectivity index (χ1n) is 8.19. The molecule has 1 aromatic carbocycles. The third-order valence-corrected chi connectivity index (χ3v) is 4.80. The number of rotatable bonds is 5. The molecule has 0 aromatic heterocycles. The second-order valence-corrected chi connectivity index (χ2v) is 6.33. The van der Waals surface area contributed by atoms with Gasteiger partial charge in [-0.05, 0) is 63.8 Å². The summed E-state index contributed by atoms with van der Waals surface area (Å²) in [6.07, 6.45) is 6.29. The summed E-state index contributed by atoms with van der Waals surface area (Å²) in [6, 6.07) is 3.56. The Bertz CT molecular complexity index is 475. The number of benzene rings is 1. The van der Waals surface area contributed by atoms with Crippen LogP contribution in [-0.4, -0.2) is 13.2 Å². The van der Waals surface area contributed by atoms with Crippen LogP contribution in [0.4, 0.5) is 4.39 Å². The maximum atomic E-state index is 13.9. The van der Waals surface area contributed by atoms with E-state index in [1.165, 1.54) is 19.3 Å². The molecule has 1 aromatic rings. The maximum absolute atomic E-state index is 13.9. The summed E-state index contributed by atoms with van der Waals surface area (Å²) in [5.74, 6) is 1.46. The lowest BCUT2D eigenvalue weighted by atomic mass is 9.85. The van der Waals surface area contributed by atoms with Crippen LogP contribution in [0.25, 0.3) is 0 Å². The van der Waals surface area contributed by atoms with E-state index >= 15 is 0 Å². The normalized spacial score (nSPS) is 23.9. The second kappa shape index (κ2) is 7.26. The molecule has 2 nitrogen and oxygen atoms in total. The van der Waals surface area contributed by atoms with Crippen molar-refractivity contribution in [3.05, 3.63) is 29.1 Å². The summed E-state index contributed by atoms with van der Waals surface area (Å²) >= 11 is 0. The van der Waals surface area contributed by atoms with Crippen LogP contribution >= 0.6 is 0 Å². The van der Waals surface area contributed by atoms with Crippen molar-refractivity contribution in [2.75, 3.05) is 7.05 Å². The third-order valence-electron chi connectivity index (χ3n) is 4.80. The predicted octanol–water partition coefficient (Wildman–Crippen LogP) is 4.76. The van der Waals surface area contributed by atoms with Crippen LogP contribution in [0.1, 0.15) is 63.1 Å². The Kier molecular flexibility index (Phi) is 5.63. The summed E-state index contributed by atoms with van der Waals surface area (Å²) in [6.45, 7) is 6.09. The molecule has 0 aliphatic heterocycles. The number of hydrogen-bond donors (Lipinski definition) is 1. The molecule has 0 bridgehead atoms. The minimum Gasteiger partial charge on any atom is -0.490 e. The van der Waals surface area contributed by atoms with E-state index in [9.17, 15) is 4.39 Å². The fourth-order valence-corrected chi connectivity index (χ4v) is 3.17. The van der Waals surface area contributed by atoms with Crippen LogP contribution in [-0.2, 0) is 0 Å². The molecule has 0 spiro atoms. The van der Waals surface area contributed by atoms with Crippen LogP contribution in [0.5, 0.6) is 5.75 Å². The van der Waals surface area contributed by atoms with Crippen LogP contribution in [0.2, 0.25) is 0 Å². The Labute approximate surface area is 128 Å². The summed E-state index contributed by atoms with van der Waals surface area (Å²) in [5, 5.41) is 3.18. The number of nitrogens with one attached hydrogen (secondary N) is 1. The van der Waals surface area contributed by atoms with E-state index in [4.69, 9.17) is 4.74 Å². The van der Waals surface area contributed by atoms with Gasteiger partial charge in [0.1, 0.15) is 11.6 Å². The van der Waals surface area contributed by atoms with Crippen LogP contribution in [0.15, 0.2) is 12.1 Å². The Morgan fingerprint density at radius 3 is 2.81 bits per heavy atom. The van der Waals surface area contributed by atoms with E-state index in [1.54, 1.807) is 13.0 Å². The van der Waals surface area contributed by atoms with Crippen molar-refractivity contribution in [2.24, 2.45) is 5.92 Å². The van der Waals surface area contributed by atoms with Crippen LogP contribution in [0, 0.1) is 18.7 Å². The molecule has 3 atom stereocenters. The quantitative estimate of drug-likeness (QED) is 0.845. The highest BCUT2D eigenvalue weighted by atomic mass is 19.1. The third kappa shape index (κ3) is 3.97. The van der Waals surface area contributed by atoms with Crippen molar-refractivity contribution in [3.8, 4) is 5.75 Å². The number of hydrogen-bond acceptors (Lipinski definition) is 2. The average molecular weight is 293 g/mol. The van der Waals surface area contributed by atoms with Crippen molar-refractivity contribution in [2.45, 2.75) is 65.0 Å². The lowest BCUT2D eigenvalue weighted by molar-refractivity contribution is 0.120. The molecule has 3 unspecified atom stereocenters. The van der Waals surface area contributed by atoms with Gasteiger partial charge in [-0.1, -0.05) is 19.8 Å². The number of halogens is 1. The Hall–Kier alpha value is -1.09. The fourth-order valence-electron chi connectivity index (χ4n) is 3.17. The first-order chi connectivity index (χ1) is 10.0. The summed E-state index contributed by atoms with van der Waals surface area (Å²) < 4.78 is 20.1. The maximum Gasteiger partial charge on any atom is 0.126 e. The summed E-state index contributed by atoms with van der Waals surface area (Å²) in [7, 11) is 1.89. The zero-order valence-corrected chi connectivity index (χ0v) is 13.7. The van der Waals surface area contributed by atoms with Gasteiger partial charge in [-0.3, -0.25) is 0 Å². The SMILES string of the molecule is CCC1CCCC(Oc2cc(C)c(F)cc2C(C)NC)C1. The van der Waals surface area contributed by atoms with Crippen molar-refractivity contribution in [1.29, 1.82) is 0 Å². The minimum atomic E-state index is -0.158. The van der Waals surface area contributed by atoms with Crippen LogP contribution in [0.3, 0.4) is 0 Å². The standard InChI is InChI=1S/C18H28FNO/c1-5-14-7-6-8-15(10-14)21-18-9-12(2)17(19)11-16(18)13(3)20-4/h9,11,13-15,20H,5-8,10H2,1-4H3. The molecule has 1 aliphatic rings. The highest BCUT2D eigenvalue weighted by Crippen LogP contribution is 2.33. The van der Waals surface area contributed by atoms with E-state index in [2.05, 4.69) is 12.2 Å². The Balaban J connectivity index is 2.19. The van der Waals surface area contributed by atoms with Gasteiger partial charge in [0, 0.05) is 11.6 Å². The summed E-state index contributed by atoms with van der Waals surface area (Å²) in [4.78, 5) is 0. The monoisotopic (exact) mass is 293 g/mol. The highest BCUT2D eigenvalue weighted by molar-refractivity contribution is 5.40. The van der Waals surface area contributed by atoms with Gasteiger partial charge in [0.15, 0.2) is 0 Å². The lowest BCUT2D eigenvalue weighted by Crippen LogP contribution is -2.26. The van der Waals surface area contributed by atoms with E-state index < -0.39 is 0 Å². The Morgan fingerprint density at radius 1 is 1.38 bits per heavy atom. The van der Waals surface area contributed by atoms with E-state index in [0.29, 0.717) is 5.56 Å². The van der Waals surface area contributed by atoms with E-state index in [0.717, 1.165) is 30.1 Å². The molecular weight excluding hydrogens is 265 g/mol. The molecule has 0 saturated heterocycles. The second-order valence-electron chi connectivity index (χ2n) is 6.33. The van der Waals surface area contributed by atoms with Crippen molar-refractivity contribution < 1.29 is 9.13 Å². The molecule has 118 valence electrons. The van der Waals surface area contributed by atoms with Gasteiger partial charge in [0.2, 0.25) is 0 Å². The molecule has 2 rings (SSSR count). The fraction of sp³-hybridized carbons (Fsp3) is 0.667. The molecule has 1 aliphatic carbocycles. The average Bonchev–Trinajstić information content (AvgIpc) is 2.50. The molecule has 1 fully saturated rings. The molecule has 1 N–H and O–H groups in total. The topological polar surface area (TPSA) is 21.3 Å². The van der Waals surface area contributed by atoms with Crippen molar-refractivity contribution in [1.82, 2.24) is 5.32 Å². The molecule has 0 radical (unpaired) electrons. The van der Waals surface area contributed by atoms with Crippen molar-refractivity contribution in [3.63, 3.8) is 0 Å². The molecule has 0 amide bonds. The van der Waals surface area contributed by atoms with Gasteiger partial charge in [-0.15, -0.1) is 0 Å². The molecule has 3 heteroatoms. The summed E-state index contributed by atoms with van der Waals surface area (Å²) in [5.41, 5.74) is 1.57. The van der Waals surface area contributed by atoms with Gasteiger partial charge in [-0.25, -0.2) is 4.39 Å². The van der Waals surface area contributed by atoms with Gasteiger partial charge < -0.3 is 10.1 Å². The van der Waals surface area contributed by atoms with Crippen molar-refractivity contribution >= 4 is 0 Å². The first kappa shape index (κ1) is 16.3. The zero-order valence-electron chi connectivity index (χ0n) is 13.7. The van der Waals surface area contributed by atoms with Gasteiger partial charge in [0.25, 0.3) is 0 Å². The zero-order chi connectivity index (χ0) is 15.4. The van der Waals surface area contributed by atoms with Gasteiger partial charge in [-0.2, -0.15) is 0 Å². The number of ether oxygens (including phenoxy) is 1. The molecular formula is C18H28FNO. The van der Waals surface area contributed by atoms with E-state index in [1.807, 2.05) is 20.0 Å². The largest absolute Gasteiger partial charge is 0.490 e. The van der Waals surface area contributed by atoms with Gasteiger partial charge in [0.05, 0.1) is 6.10 Å². The smallest absolute Gasteiger partial charge is 0.126 e. The molecule has 21 heavy (non-hydrogen) atoms. The molecule has 1 saturated carbocycles. The van der Waals surface area contributed by atoms with E-state index in [-0.39, 0.29) is 18.0 Å². The number of aryl methyl sites for hydroxylation is 1. The highest BCUT2D eigenvalue weighted by Gasteiger charge is 2.24. The Morgan fingerprint density at radius 2 is 2.14 bits per heavy atom. The lowest BCUT2D eigenvalue weighted by Gasteiger charge is -2.30. The predicted molar refractivity (Wildman–Crippen MR) is 85.3 cm³/mol. The van der Waals surface area contributed by atoms with Crippen LogP contribution < -0.4 is 10.1 Å². The first-order valence-corrected chi connectivity index (χ1v) is 8.19.